The Morgan fingerprint density at radius 3 is 1.65 bits per heavy atom. The Balaban J connectivity index is 1.74. The molecule has 2 heteroatoms. The van der Waals surface area contributed by atoms with Crippen molar-refractivity contribution < 1.29 is 0 Å². The first-order chi connectivity index (χ1) is 15.1. The molecule has 0 aliphatic carbocycles. The Morgan fingerprint density at radius 2 is 1.06 bits per heavy atom. The van der Waals surface area contributed by atoms with Crippen LogP contribution in [0.5, 0.6) is 0 Å². The molecule has 0 spiro atoms. The molecule has 0 atom stereocenters. The molecular weight excluding hydrogens is 398 g/mol. The zero-order chi connectivity index (χ0) is 21.4. The largest absolute Gasteiger partial charge is 0.235 e. The van der Waals surface area contributed by atoms with Crippen LogP contribution in [-0.2, 0) is 0 Å². The van der Waals surface area contributed by atoms with Gasteiger partial charge < -0.3 is 0 Å². The van der Waals surface area contributed by atoms with E-state index in [2.05, 4.69) is 98.8 Å². The Kier molecular flexibility index (Phi) is 5.05. The van der Waals surface area contributed by atoms with Crippen LogP contribution in [0.15, 0.2) is 97.1 Å². The average molecular weight is 420 g/mol. The van der Waals surface area contributed by atoms with Gasteiger partial charge in [-0.05, 0) is 82.9 Å². The molecule has 1 heterocycles. The van der Waals surface area contributed by atoms with E-state index in [0.717, 1.165) is 33.2 Å². The molecule has 4 aromatic carbocycles. The summed E-state index contributed by atoms with van der Waals surface area (Å²) in [6.45, 7) is 4.24. The van der Waals surface area contributed by atoms with Gasteiger partial charge in [-0.15, -0.1) is 0 Å². The fraction of sp³-hybridized carbons (Fsp3) is 0.0690. The zero-order valence-corrected chi connectivity index (χ0v) is 18.3. The van der Waals surface area contributed by atoms with Crippen LogP contribution in [-0.4, -0.2) is 4.98 Å². The monoisotopic (exact) mass is 419 g/mol. The van der Waals surface area contributed by atoms with E-state index in [1.165, 1.54) is 22.3 Å². The van der Waals surface area contributed by atoms with E-state index in [1.807, 2.05) is 12.1 Å². The first-order valence-electron chi connectivity index (χ1n) is 10.4. The molecule has 0 saturated heterocycles. The van der Waals surface area contributed by atoms with Gasteiger partial charge in [0, 0.05) is 10.9 Å². The van der Waals surface area contributed by atoms with Crippen molar-refractivity contribution in [3.05, 3.63) is 113 Å². The second-order valence-electron chi connectivity index (χ2n) is 7.99. The highest BCUT2D eigenvalue weighted by atomic mass is 35.5. The first-order valence-corrected chi connectivity index (χ1v) is 10.8. The summed E-state index contributed by atoms with van der Waals surface area (Å²) >= 11 is 6.64. The maximum absolute atomic E-state index is 6.64. The Hall–Kier alpha value is -3.42. The smallest absolute Gasteiger partial charge is 0.137 e. The molecule has 0 radical (unpaired) electrons. The molecule has 0 bridgehead atoms. The van der Waals surface area contributed by atoms with Crippen molar-refractivity contribution in [2.75, 3.05) is 0 Å². The number of aromatic nitrogens is 1. The van der Waals surface area contributed by atoms with Crippen LogP contribution < -0.4 is 0 Å². The molecule has 5 aromatic rings. The number of benzene rings is 4. The minimum Gasteiger partial charge on any atom is -0.235 e. The van der Waals surface area contributed by atoms with Gasteiger partial charge in [0.15, 0.2) is 0 Å². The molecule has 0 amide bonds. The minimum atomic E-state index is 0.543. The third-order valence-corrected chi connectivity index (χ3v) is 6.13. The summed E-state index contributed by atoms with van der Waals surface area (Å²) in [5.74, 6) is 0. The van der Waals surface area contributed by atoms with Gasteiger partial charge in [-0.1, -0.05) is 78.3 Å². The summed E-state index contributed by atoms with van der Waals surface area (Å²) in [6.07, 6.45) is 0. The van der Waals surface area contributed by atoms with Crippen LogP contribution in [0.4, 0.5) is 0 Å². The van der Waals surface area contributed by atoms with E-state index in [9.17, 15) is 0 Å². The number of hydrogen-bond acceptors (Lipinski definition) is 1. The van der Waals surface area contributed by atoms with Gasteiger partial charge in [0.1, 0.15) is 5.15 Å². The van der Waals surface area contributed by atoms with Crippen molar-refractivity contribution >= 4 is 22.4 Å². The van der Waals surface area contributed by atoms with E-state index in [-0.39, 0.29) is 0 Å². The highest BCUT2D eigenvalue weighted by molar-refractivity contribution is 6.34. The van der Waals surface area contributed by atoms with Gasteiger partial charge in [0.05, 0.1) is 5.69 Å². The fourth-order valence-electron chi connectivity index (χ4n) is 4.00. The molecule has 31 heavy (non-hydrogen) atoms. The lowest BCUT2D eigenvalue weighted by molar-refractivity contribution is 1.33. The zero-order valence-electron chi connectivity index (χ0n) is 17.6. The van der Waals surface area contributed by atoms with Gasteiger partial charge in [0.2, 0.25) is 0 Å². The van der Waals surface area contributed by atoms with Crippen molar-refractivity contribution in [2.45, 2.75) is 13.8 Å². The van der Waals surface area contributed by atoms with E-state index < -0.39 is 0 Å². The molecule has 1 aromatic heterocycles. The molecule has 0 N–H and O–H groups in total. The van der Waals surface area contributed by atoms with E-state index in [0.29, 0.717) is 5.15 Å². The summed E-state index contributed by atoms with van der Waals surface area (Å²) in [5.41, 5.74) is 9.10. The number of halogens is 1. The number of nitrogens with zero attached hydrogens (tertiary/aromatic N) is 1. The first kappa shape index (κ1) is 19.5. The van der Waals surface area contributed by atoms with E-state index in [1.54, 1.807) is 0 Å². The number of aryl methyl sites for hydroxylation is 2. The molecule has 0 unspecified atom stereocenters. The summed E-state index contributed by atoms with van der Waals surface area (Å²) in [6, 6.07) is 34.0. The summed E-state index contributed by atoms with van der Waals surface area (Å²) in [4.78, 5) is 4.78. The van der Waals surface area contributed by atoms with Crippen LogP contribution in [0, 0.1) is 13.8 Å². The number of fused-ring (bicyclic) bond motifs is 1. The second-order valence-corrected chi connectivity index (χ2v) is 8.35. The molecule has 1 nitrogen and oxygen atoms in total. The van der Waals surface area contributed by atoms with Crippen LogP contribution >= 0.6 is 11.6 Å². The minimum absolute atomic E-state index is 0.543. The topological polar surface area (TPSA) is 12.9 Å². The third-order valence-electron chi connectivity index (χ3n) is 5.84. The standard InChI is InChI=1S/C29H22ClN/c1-19-13-25-18-28(31-29(30)27(25)14-20(19)2)26-16-23(21-9-5-3-6-10-21)15-24(17-26)22-11-7-4-8-12-22/h3-18H,1-2H3. The normalized spacial score (nSPS) is 11.1. The Morgan fingerprint density at radius 1 is 0.548 bits per heavy atom. The Bertz CT molecular complexity index is 1330. The highest BCUT2D eigenvalue weighted by Crippen LogP contribution is 2.35. The van der Waals surface area contributed by atoms with E-state index in [4.69, 9.17) is 16.6 Å². The molecule has 150 valence electrons. The van der Waals surface area contributed by atoms with Crippen molar-refractivity contribution in [1.82, 2.24) is 4.98 Å². The molecule has 0 fully saturated rings. The fourth-order valence-corrected chi connectivity index (χ4v) is 4.25. The molecule has 0 saturated carbocycles. The van der Waals surface area contributed by atoms with E-state index >= 15 is 0 Å². The van der Waals surface area contributed by atoms with Crippen molar-refractivity contribution in [3.63, 3.8) is 0 Å². The maximum Gasteiger partial charge on any atom is 0.137 e. The van der Waals surface area contributed by atoms with Gasteiger partial charge in [-0.25, -0.2) is 4.98 Å². The van der Waals surface area contributed by atoms with Crippen LogP contribution in [0.25, 0.3) is 44.3 Å². The number of hydrogen-bond donors (Lipinski definition) is 0. The van der Waals surface area contributed by atoms with Gasteiger partial charge in [-0.2, -0.15) is 0 Å². The SMILES string of the molecule is Cc1cc2cc(-c3cc(-c4ccccc4)cc(-c4ccccc4)c3)nc(Cl)c2cc1C. The number of pyridine rings is 1. The highest BCUT2D eigenvalue weighted by Gasteiger charge is 2.11. The van der Waals surface area contributed by atoms with Crippen LogP contribution in [0.3, 0.4) is 0 Å². The van der Waals surface area contributed by atoms with Gasteiger partial charge in [-0.3, -0.25) is 0 Å². The summed E-state index contributed by atoms with van der Waals surface area (Å²) < 4.78 is 0. The molecular formula is C29H22ClN. The van der Waals surface area contributed by atoms with Gasteiger partial charge in [0.25, 0.3) is 0 Å². The second kappa shape index (κ2) is 8.02. The Labute approximate surface area is 188 Å². The van der Waals surface area contributed by atoms with Crippen molar-refractivity contribution in [3.8, 4) is 33.5 Å². The lowest BCUT2D eigenvalue weighted by Crippen LogP contribution is -1.91. The summed E-state index contributed by atoms with van der Waals surface area (Å²) in [5, 5.41) is 2.66. The van der Waals surface area contributed by atoms with Crippen LogP contribution in [0.1, 0.15) is 11.1 Å². The quantitative estimate of drug-likeness (QED) is 0.267. The summed E-state index contributed by atoms with van der Waals surface area (Å²) in [7, 11) is 0. The van der Waals surface area contributed by atoms with Crippen molar-refractivity contribution in [1.29, 1.82) is 0 Å². The average Bonchev–Trinajstić information content (AvgIpc) is 2.81. The van der Waals surface area contributed by atoms with Crippen molar-refractivity contribution in [2.24, 2.45) is 0 Å². The predicted molar refractivity (Wildman–Crippen MR) is 133 cm³/mol. The third kappa shape index (κ3) is 3.85. The lowest BCUT2D eigenvalue weighted by atomic mass is 9.94. The lowest BCUT2D eigenvalue weighted by Gasteiger charge is -2.12. The molecule has 0 aliphatic rings. The predicted octanol–water partition coefficient (Wildman–Crippen LogP) is 8.51. The maximum atomic E-state index is 6.64. The molecule has 5 rings (SSSR count). The van der Waals surface area contributed by atoms with Gasteiger partial charge >= 0.3 is 0 Å². The number of rotatable bonds is 3. The molecule has 0 aliphatic heterocycles. The van der Waals surface area contributed by atoms with Crippen LogP contribution in [0.2, 0.25) is 5.15 Å².